The molecule has 18 atom stereocenters. The Morgan fingerprint density at radius 2 is 1.29 bits per heavy atom. The van der Waals surface area contributed by atoms with E-state index in [1.807, 2.05) is 13.8 Å². The number of aromatic hydroxyl groups is 1. The summed E-state index contributed by atoms with van der Waals surface area (Å²) in [4.78, 5) is 127. The normalized spacial score (nSPS) is 30.9. The van der Waals surface area contributed by atoms with Gasteiger partial charge in [-0.3, -0.25) is 38.4 Å². The van der Waals surface area contributed by atoms with Crippen LogP contribution in [0.15, 0.2) is 103 Å². The van der Waals surface area contributed by atoms with E-state index in [0.29, 0.717) is 24.9 Å². The van der Waals surface area contributed by atoms with Gasteiger partial charge in [0.2, 0.25) is 59.2 Å². The highest BCUT2D eigenvalue weighted by Crippen LogP contribution is 2.56. The van der Waals surface area contributed by atoms with E-state index in [-0.39, 0.29) is 128 Å². The van der Waals surface area contributed by atoms with Gasteiger partial charge in [-0.2, -0.15) is 0 Å². The van der Waals surface area contributed by atoms with E-state index >= 15 is 33.6 Å². The number of hydrogen-bond donors (Lipinski definition) is 20. The Kier molecular flexibility index (Phi) is 26.8. The molecule has 7 aliphatic heterocycles. The summed E-state index contributed by atoms with van der Waals surface area (Å²) in [5.41, 5.74) is 3.34. The van der Waals surface area contributed by atoms with Gasteiger partial charge in [0.15, 0.2) is 29.7 Å². The third-order valence-corrected chi connectivity index (χ3v) is 25.8. The fraction of sp³-hybridized carbons (Fsp3) is 0.506. The Morgan fingerprint density at radius 1 is 0.659 bits per heavy atom. The van der Waals surface area contributed by atoms with Crippen molar-refractivity contribution >= 4 is 58.7 Å². The van der Waals surface area contributed by atoms with Gasteiger partial charge in [0.25, 0.3) is 0 Å². The molecule has 2 saturated heterocycles. The van der Waals surface area contributed by atoms with Crippen LogP contribution in [0.5, 0.6) is 46.0 Å². The predicted molar refractivity (Wildman–Crippen MR) is 448 cm³/mol. The minimum absolute atomic E-state index is 0.0742. The number of aliphatic hydroxyl groups is 8. The van der Waals surface area contributed by atoms with E-state index < -0.39 is 204 Å². The number of ether oxygens (including phenoxy) is 8. The number of Topliss-reactive ketones (excluding diaryl/α,β-unsaturated/α-hetero) is 1. The molecule has 126 heavy (non-hydrogen) atoms. The first-order valence-corrected chi connectivity index (χ1v) is 42.8. The average Bonchev–Trinajstić information content (AvgIpc) is 1.57. The number of ketones is 1. The molecule has 0 spiro atoms. The van der Waals surface area contributed by atoms with Crippen LogP contribution in [0, 0.1) is 29.6 Å². The maximum Gasteiger partial charge on any atom is 0.248 e. The van der Waals surface area contributed by atoms with Gasteiger partial charge < -0.3 is 143 Å². The molecule has 7 amide bonds. The minimum atomic E-state index is -2.97. The summed E-state index contributed by atoms with van der Waals surface area (Å²) in [7, 11) is 4.90. The number of likely N-dealkylation sites (N-methyl/N-ethyl adjacent to an activating group) is 3. The molecule has 37 heteroatoms. The fourth-order valence-corrected chi connectivity index (χ4v) is 19.4. The molecule has 5 aliphatic carbocycles. The second-order valence-corrected chi connectivity index (χ2v) is 35.4. The van der Waals surface area contributed by atoms with Gasteiger partial charge >= 0.3 is 0 Å². The van der Waals surface area contributed by atoms with Crippen LogP contribution < -0.4 is 82.6 Å². The number of fused-ring (bicyclic) bond motifs is 12. The average molecular weight is 1770 g/mol. The second-order valence-electron chi connectivity index (χ2n) is 35.0. The smallest absolute Gasteiger partial charge is 0.248 e. The maximum atomic E-state index is 16.8. The Balaban J connectivity index is 0.931. The van der Waals surface area contributed by atoms with Crippen molar-refractivity contribution in [1.82, 2.24) is 53.2 Å². The number of aliphatic hydroxyl groups excluding tert-OH is 6. The summed E-state index contributed by atoms with van der Waals surface area (Å²) in [6.07, 6.45) is -13.8. The largest absolute Gasteiger partial charge is 0.508 e. The Bertz CT molecular complexity index is 5080. The van der Waals surface area contributed by atoms with Crippen LogP contribution in [0.1, 0.15) is 159 Å². The van der Waals surface area contributed by atoms with E-state index in [1.165, 1.54) is 106 Å². The lowest BCUT2D eigenvalue weighted by molar-refractivity contribution is -0.333. The van der Waals surface area contributed by atoms with Crippen LogP contribution in [-0.2, 0) is 53.6 Å². The zero-order valence-corrected chi connectivity index (χ0v) is 71.1. The molecule has 7 heterocycles. The summed E-state index contributed by atoms with van der Waals surface area (Å²) in [6, 6.07) is 7.44. The summed E-state index contributed by atoms with van der Waals surface area (Å²) < 4.78 is 51.5. The number of phenols is 1. The highest BCUT2D eigenvalue weighted by molar-refractivity contribution is 6.32. The van der Waals surface area contributed by atoms with Crippen LogP contribution in [-0.4, -0.2) is 232 Å². The quantitative estimate of drug-likeness (QED) is 0.0248. The highest BCUT2D eigenvalue weighted by atomic mass is 35.5. The van der Waals surface area contributed by atoms with Crippen LogP contribution in [0.2, 0.25) is 5.02 Å². The molecule has 12 aliphatic rings. The van der Waals surface area contributed by atoms with E-state index in [4.69, 9.17) is 55.2 Å². The van der Waals surface area contributed by atoms with Crippen molar-refractivity contribution in [2.24, 2.45) is 35.3 Å². The predicted octanol–water partition coefficient (Wildman–Crippen LogP) is 1.99. The standard InChI is InChI=1S/C89H108ClN11O25/c1-38(2)20-58(94-7)80(110)100-72-74(106)44-11-15-61(57(90)29-44)123-63-31-48-30-62(77(63)126-87-78(76(108)75(107)64(37-102)124-87)125-65-36-88(4,91)79(109)39(3)121-65)122-50-12-8-42(9-13-50)73(105)71-86(116)99-70(84(114)96-67-46-22-40-21-41(24-46)25-47(67)23-40)54-32-49(103)33-56-66(54)53-28-43(10-14-55(53)89(56,117)118)68(82(112)101-71)98-83(113)69(48)97-81(111)59(95-85(72)115)35-60(104)45-26-51(119-18-16-92-5)34-52(27-45)120-19-17-93-6/h8-15,26-34,38-41,46-47,58-59,64-65,67-76,78-79,87,92-94,102-103,105-109,117-118H,16-25,35-37,91H2,1-7H3,(H,95,115)(H,96,114)(H,97,111)(H,98,113)(H,99,116)(H,100,110)(H,101,112)/t39-,40?,41?,46?,47?,58+,59-,64+,65-,67?,68+,69+,70-,71-,72+,73+,74+,75+,76-,78+,79+,87-,88-/m0/s1. The summed E-state index contributed by atoms with van der Waals surface area (Å²) in [6.45, 7) is 6.71. The van der Waals surface area contributed by atoms with Gasteiger partial charge in [0, 0.05) is 60.3 Å². The summed E-state index contributed by atoms with van der Waals surface area (Å²) in [5, 5.41) is 136. The molecule has 21 N–H and O–H groups in total. The van der Waals surface area contributed by atoms with Crippen molar-refractivity contribution in [3.8, 4) is 57.1 Å². The molecule has 18 rings (SSSR count). The SMILES string of the molecule is CNCCOc1cc(OCCNC)cc(C(=O)C[C@@H]2NC(=O)[C@H](NC(=O)[C@@H](CC(C)C)NC)[C@H](O)c3ccc(c(Cl)c3)Oc3cc4cc(c3O[C@@H]3O[C@H](CO)[C@@H](O)[C@H](O)[C@H]3O[C@H]3C[C@](C)(N)[C@H](O)[C@H](C)O3)Oc3ccc(cc3)[C@@H](O)[C@@H]3NC(=O)[C@H](NC(=O)[C@@H]4NC2=O)c2ccc4c(c2)-c2c(cc(O)cc2C4(O)O)[C@@H](C(=O)NC2C4CC5CC(C4)CC2C5)NC3=O)c1. The van der Waals surface area contributed by atoms with Crippen molar-refractivity contribution in [1.29, 1.82) is 0 Å². The molecule has 0 radical (unpaired) electrons. The minimum Gasteiger partial charge on any atom is -0.508 e. The number of benzene rings is 6. The third-order valence-electron chi connectivity index (χ3n) is 25.5. The van der Waals surface area contributed by atoms with Gasteiger partial charge in [0.05, 0.1) is 29.9 Å². The molecule has 4 saturated carbocycles. The van der Waals surface area contributed by atoms with Gasteiger partial charge in [-0.15, -0.1) is 0 Å². The van der Waals surface area contributed by atoms with Crippen molar-refractivity contribution in [3.63, 3.8) is 0 Å². The zero-order chi connectivity index (χ0) is 89.8. The van der Waals surface area contributed by atoms with Crippen molar-refractivity contribution < 1.29 is 122 Å². The third kappa shape index (κ3) is 18.6. The van der Waals surface area contributed by atoms with Crippen LogP contribution in [0.25, 0.3) is 11.1 Å². The number of phenolic OH excluding ortho intramolecular Hbond substituents is 1. The summed E-state index contributed by atoms with van der Waals surface area (Å²) in [5.74, 6) is -13.3. The second kappa shape index (κ2) is 37.2. The Labute approximate surface area is 729 Å². The fourth-order valence-electron chi connectivity index (χ4n) is 19.2. The molecular formula is C89H108ClN11O25. The molecule has 15 bridgehead atoms. The van der Waals surface area contributed by atoms with Crippen molar-refractivity contribution in [2.45, 2.75) is 200 Å². The van der Waals surface area contributed by atoms with Gasteiger partial charge in [-0.25, -0.2) is 0 Å². The number of halogens is 1. The van der Waals surface area contributed by atoms with Crippen LogP contribution in [0.3, 0.4) is 0 Å². The molecule has 6 aromatic rings. The summed E-state index contributed by atoms with van der Waals surface area (Å²) >= 11 is 7.28. The number of carbonyl (C=O) groups excluding carboxylic acids is 8. The number of nitrogens with one attached hydrogen (secondary N) is 10. The van der Waals surface area contributed by atoms with Crippen LogP contribution in [0.4, 0.5) is 0 Å². The molecule has 0 unspecified atom stereocenters. The van der Waals surface area contributed by atoms with Gasteiger partial charge in [-0.1, -0.05) is 55.8 Å². The molecule has 0 aromatic heterocycles. The van der Waals surface area contributed by atoms with Crippen LogP contribution >= 0.6 is 11.6 Å². The highest BCUT2D eigenvalue weighted by Gasteiger charge is 2.54. The molecule has 6 aromatic carbocycles. The number of nitrogens with two attached hydrogens (primary N) is 1. The maximum absolute atomic E-state index is 16.8. The number of carbonyl (C=O) groups is 8. The lowest BCUT2D eigenvalue weighted by Gasteiger charge is -2.54. The first-order chi connectivity index (χ1) is 60.1. The Morgan fingerprint density at radius 3 is 1.93 bits per heavy atom. The first-order valence-electron chi connectivity index (χ1n) is 42.5. The van der Waals surface area contributed by atoms with E-state index in [1.54, 1.807) is 14.1 Å². The Hall–Kier alpha value is -10.2. The lowest BCUT2D eigenvalue weighted by atomic mass is 9.54. The monoisotopic (exact) mass is 1770 g/mol. The van der Waals surface area contributed by atoms with Crippen molar-refractivity contribution in [2.75, 3.05) is 54.1 Å². The topological polar surface area (TPSA) is 539 Å². The van der Waals surface area contributed by atoms with E-state index in [9.17, 15) is 50.8 Å². The number of amides is 7. The zero-order valence-electron chi connectivity index (χ0n) is 70.3. The molecular weight excluding hydrogens is 1660 g/mol. The first kappa shape index (κ1) is 90.6. The van der Waals surface area contributed by atoms with Crippen molar-refractivity contribution in [3.05, 3.63) is 153 Å². The van der Waals surface area contributed by atoms with E-state index in [2.05, 4.69) is 53.2 Å². The van der Waals surface area contributed by atoms with Gasteiger partial charge in [-0.05, 0) is 209 Å². The number of rotatable bonds is 23. The van der Waals surface area contributed by atoms with E-state index in [0.717, 1.165) is 50.3 Å². The van der Waals surface area contributed by atoms with Gasteiger partial charge in [0.1, 0.15) is 109 Å². The number of hydrogen-bond acceptors (Lipinski definition) is 29. The molecule has 36 nitrogen and oxygen atoms in total. The lowest BCUT2D eigenvalue weighted by Crippen LogP contribution is -2.64. The molecule has 676 valence electrons. The molecule has 6 fully saturated rings.